The highest BCUT2D eigenvalue weighted by Crippen LogP contribution is 2.25. The van der Waals surface area contributed by atoms with Gasteiger partial charge in [-0.25, -0.2) is 0 Å². The molecule has 0 unspecified atom stereocenters. The fraction of sp³-hybridized carbons (Fsp3) is 0.353. The maximum atomic E-state index is 12.8. The first-order chi connectivity index (χ1) is 12.1. The van der Waals surface area contributed by atoms with Crippen LogP contribution in [0.3, 0.4) is 0 Å². The third-order valence-corrected chi connectivity index (χ3v) is 4.80. The Morgan fingerprint density at radius 2 is 1.88 bits per heavy atom. The molecule has 0 radical (unpaired) electrons. The predicted molar refractivity (Wildman–Crippen MR) is 97.4 cm³/mol. The molecule has 1 aliphatic heterocycles. The number of benzene rings is 1. The van der Waals surface area contributed by atoms with Crippen LogP contribution in [0.4, 0.5) is 5.82 Å². The molecule has 0 spiro atoms. The second kappa shape index (κ2) is 7.69. The number of amides is 1. The van der Waals surface area contributed by atoms with Crippen LogP contribution < -0.4 is 14.4 Å². The van der Waals surface area contributed by atoms with Crippen molar-refractivity contribution in [2.75, 3.05) is 45.3 Å². The van der Waals surface area contributed by atoms with Gasteiger partial charge < -0.3 is 19.3 Å². The summed E-state index contributed by atoms with van der Waals surface area (Å²) in [5, 5.41) is 0. The van der Waals surface area contributed by atoms with Gasteiger partial charge in [0.2, 0.25) is 5.88 Å². The van der Waals surface area contributed by atoms with Gasteiger partial charge in [0.15, 0.2) is 5.82 Å². The maximum Gasteiger partial charge on any atom is 0.255 e. The van der Waals surface area contributed by atoms with Gasteiger partial charge in [-0.05, 0) is 34.1 Å². The summed E-state index contributed by atoms with van der Waals surface area (Å²) in [5.74, 6) is 1.89. The molecule has 1 aliphatic rings. The molecule has 8 heteroatoms. The number of methoxy groups -OCH3 is 2. The van der Waals surface area contributed by atoms with Crippen LogP contribution in [0, 0.1) is 0 Å². The minimum atomic E-state index is -0.0119. The molecule has 7 nitrogen and oxygen atoms in total. The first-order valence-corrected chi connectivity index (χ1v) is 8.65. The highest BCUT2D eigenvalue weighted by Gasteiger charge is 2.24. The van der Waals surface area contributed by atoms with Crippen LogP contribution >= 0.6 is 15.9 Å². The van der Waals surface area contributed by atoms with Crippen LogP contribution in [0.25, 0.3) is 0 Å². The molecule has 0 atom stereocenters. The van der Waals surface area contributed by atoms with E-state index in [0.29, 0.717) is 43.4 Å². The zero-order valence-electron chi connectivity index (χ0n) is 14.1. The van der Waals surface area contributed by atoms with Crippen molar-refractivity contribution in [1.29, 1.82) is 0 Å². The Morgan fingerprint density at radius 1 is 1.12 bits per heavy atom. The van der Waals surface area contributed by atoms with E-state index >= 15 is 0 Å². The number of halogens is 1. The number of carbonyl (C=O) groups is 1. The molecule has 0 bridgehead atoms. The molecule has 1 saturated heterocycles. The molecule has 132 valence electrons. The molecular weight excluding hydrogens is 388 g/mol. The standard InChI is InChI=1S/C17H19BrN4O3/c1-24-12-3-4-14(18)13(9-12)17(23)22-7-5-21(6-8-22)15-10-19-11-16(20-15)25-2/h3-4,9-11H,5-8H2,1-2H3. The van der Waals surface area contributed by atoms with Crippen molar-refractivity contribution in [2.24, 2.45) is 0 Å². The predicted octanol–water partition coefficient (Wildman–Crippen LogP) is 2.22. The van der Waals surface area contributed by atoms with Crippen molar-refractivity contribution >= 4 is 27.7 Å². The number of piperazine rings is 1. The average molecular weight is 407 g/mol. The van der Waals surface area contributed by atoms with Gasteiger partial charge in [0.25, 0.3) is 5.91 Å². The first kappa shape index (κ1) is 17.5. The number of hydrogen-bond donors (Lipinski definition) is 0. The van der Waals surface area contributed by atoms with E-state index in [2.05, 4.69) is 30.8 Å². The molecule has 0 aliphatic carbocycles. The molecule has 2 heterocycles. The quantitative estimate of drug-likeness (QED) is 0.775. The number of anilines is 1. The van der Waals surface area contributed by atoms with Gasteiger partial charge in [0.05, 0.1) is 32.2 Å². The Labute approximate surface area is 154 Å². The molecule has 3 rings (SSSR count). The maximum absolute atomic E-state index is 12.8. The average Bonchev–Trinajstić information content (AvgIpc) is 2.68. The summed E-state index contributed by atoms with van der Waals surface area (Å²) in [6.07, 6.45) is 3.28. The number of hydrogen-bond acceptors (Lipinski definition) is 6. The van der Waals surface area contributed by atoms with Gasteiger partial charge in [-0.1, -0.05) is 0 Å². The smallest absolute Gasteiger partial charge is 0.255 e. The van der Waals surface area contributed by atoms with Crippen molar-refractivity contribution in [2.45, 2.75) is 0 Å². The van der Waals surface area contributed by atoms with Crippen LogP contribution in [0.15, 0.2) is 35.1 Å². The van der Waals surface area contributed by atoms with Gasteiger partial charge in [0, 0.05) is 30.7 Å². The summed E-state index contributed by atoms with van der Waals surface area (Å²) in [7, 11) is 3.15. The Hall–Kier alpha value is -2.35. The van der Waals surface area contributed by atoms with Crippen LogP contribution in [0.5, 0.6) is 11.6 Å². The minimum Gasteiger partial charge on any atom is -0.497 e. The molecule has 0 N–H and O–H groups in total. The largest absolute Gasteiger partial charge is 0.497 e. The van der Waals surface area contributed by atoms with E-state index in [1.54, 1.807) is 32.7 Å². The number of carbonyl (C=O) groups excluding carboxylic acids is 1. The summed E-state index contributed by atoms with van der Waals surface area (Å²) in [5.41, 5.74) is 0.606. The number of aromatic nitrogens is 2. The summed E-state index contributed by atoms with van der Waals surface area (Å²) in [6, 6.07) is 5.40. The second-order valence-electron chi connectivity index (χ2n) is 5.54. The zero-order chi connectivity index (χ0) is 17.8. The Kier molecular flexibility index (Phi) is 5.37. The van der Waals surface area contributed by atoms with Gasteiger partial charge in [-0.3, -0.25) is 9.78 Å². The molecule has 1 aromatic heterocycles. The highest BCUT2D eigenvalue weighted by atomic mass is 79.9. The molecule has 0 saturated carbocycles. The van der Waals surface area contributed by atoms with E-state index in [0.717, 1.165) is 10.3 Å². The molecule has 25 heavy (non-hydrogen) atoms. The summed E-state index contributed by atoms with van der Waals surface area (Å²) >= 11 is 3.45. The molecule has 1 amide bonds. The highest BCUT2D eigenvalue weighted by molar-refractivity contribution is 9.10. The van der Waals surface area contributed by atoms with Crippen LogP contribution in [-0.2, 0) is 0 Å². The van der Waals surface area contributed by atoms with Crippen molar-refractivity contribution in [3.8, 4) is 11.6 Å². The van der Waals surface area contributed by atoms with Crippen molar-refractivity contribution < 1.29 is 14.3 Å². The van der Waals surface area contributed by atoms with E-state index in [1.165, 1.54) is 0 Å². The third kappa shape index (κ3) is 3.84. The lowest BCUT2D eigenvalue weighted by molar-refractivity contribution is 0.0745. The topological polar surface area (TPSA) is 67.8 Å². The molecule has 1 aromatic carbocycles. The van der Waals surface area contributed by atoms with Crippen molar-refractivity contribution in [3.05, 3.63) is 40.6 Å². The summed E-state index contributed by atoms with van der Waals surface area (Å²) in [6.45, 7) is 2.60. The molecule has 1 fully saturated rings. The lowest BCUT2D eigenvalue weighted by Crippen LogP contribution is -2.49. The van der Waals surface area contributed by atoms with Crippen molar-refractivity contribution in [1.82, 2.24) is 14.9 Å². The van der Waals surface area contributed by atoms with Crippen LogP contribution in [0.2, 0.25) is 0 Å². The number of nitrogens with zero attached hydrogens (tertiary/aromatic N) is 4. The number of rotatable bonds is 4. The van der Waals surface area contributed by atoms with E-state index in [-0.39, 0.29) is 5.91 Å². The van der Waals surface area contributed by atoms with Crippen molar-refractivity contribution in [3.63, 3.8) is 0 Å². The van der Waals surface area contributed by atoms with E-state index < -0.39 is 0 Å². The van der Waals surface area contributed by atoms with Gasteiger partial charge in [-0.15, -0.1) is 0 Å². The Balaban J connectivity index is 1.68. The third-order valence-electron chi connectivity index (χ3n) is 4.10. The van der Waals surface area contributed by atoms with E-state index in [1.807, 2.05) is 17.0 Å². The fourth-order valence-electron chi connectivity index (χ4n) is 2.69. The Bertz CT molecular complexity index is 763. The fourth-order valence-corrected chi connectivity index (χ4v) is 3.11. The second-order valence-corrected chi connectivity index (χ2v) is 6.40. The summed E-state index contributed by atoms with van der Waals surface area (Å²) < 4.78 is 11.1. The Morgan fingerprint density at radius 3 is 2.56 bits per heavy atom. The van der Waals surface area contributed by atoms with Crippen LogP contribution in [-0.4, -0.2) is 61.2 Å². The SMILES string of the molecule is COc1ccc(Br)c(C(=O)N2CCN(c3cncc(OC)n3)CC2)c1. The first-order valence-electron chi connectivity index (χ1n) is 7.86. The van der Waals surface area contributed by atoms with Gasteiger partial charge in [-0.2, -0.15) is 4.98 Å². The lowest BCUT2D eigenvalue weighted by atomic mass is 10.1. The molecular formula is C17H19BrN4O3. The lowest BCUT2D eigenvalue weighted by Gasteiger charge is -2.35. The van der Waals surface area contributed by atoms with E-state index in [4.69, 9.17) is 9.47 Å². The normalized spacial score (nSPS) is 14.4. The number of ether oxygens (including phenoxy) is 2. The van der Waals surface area contributed by atoms with Crippen LogP contribution in [0.1, 0.15) is 10.4 Å². The zero-order valence-corrected chi connectivity index (χ0v) is 15.7. The minimum absolute atomic E-state index is 0.0119. The summed E-state index contributed by atoms with van der Waals surface area (Å²) in [4.78, 5) is 25.3. The monoisotopic (exact) mass is 406 g/mol. The van der Waals surface area contributed by atoms with Gasteiger partial charge in [0.1, 0.15) is 5.75 Å². The van der Waals surface area contributed by atoms with Gasteiger partial charge >= 0.3 is 0 Å². The molecule has 2 aromatic rings. The van der Waals surface area contributed by atoms with E-state index in [9.17, 15) is 4.79 Å².